The molecule has 45 heavy (non-hydrogen) atoms. The molecule has 0 bridgehead atoms. The summed E-state index contributed by atoms with van der Waals surface area (Å²) in [6, 6.07) is 5.01. The van der Waals surface area contributed by atoms with Crippen molar-refractivity contribution in [2.45, 2.75) is 50.6 Å². The second-order valence-electron chi connectivity index (χ2n) is 11.5. The number of carbonyl (C=O) groups excluding carboxylic acids is 3. The van der Waals surface area contributed by atoms with Crippen molar-refractivity contribution in [1.29, 1.82) is 5.26 Å². The number of amides is 2. The van der Waals surface area contributed by atoms with Gasteiger partial charge in [-0.25, -0.2) is 19.6 Å². The summed E-state index contributed by atoms with van der Waals surface area (Å²) in [5.74, 6) is -2.79. The van der Waals surface area contributed by atoms with Crippen LogP contribution in [0.1, 0.15) is 43.1 Å². The van der Waals surface area contributed by atoms with Crippen molar-refractivity contribution in [1.82, 2.24) is 15.3 Å². The molecule has 2 aromatic rings. The molecular weight excluding hydrogens is 603 g/mol. The number of fused-ring (bicyclic) bond motifs is 2. The molecule has 3 aliphatic rings. The smallest absolute Gasteiger partial charge is 0.490 e. The summed E-state index contributed by atoms with van der Waals surface area (Å²) in [4.78, 5) is 45.5. The summed E-state index contributed by atoms with van der Waals surface area (Å²) in [5.41, 5.74) is 6.18. The Hall–Kier alpha value is -4.69. The lowest BCUT2D eigenvalue weighted by molar-refractivity contribution is -0.207. The first kappa shape index (κ1) is 31.7. The van der Waals surface area contributed by atoms with E-state index in [1.165, 1.54) is 23.2 Å². The van der Waals surface area contributed by atoms with Gasteiger partial charge in [-0.1, -0.05) is 0 Å². The number of nitriles is 1. The Morgan fingerprint density at radius 3 is 2.80 bits per heavy atom. The van der Waals surface area contributed by atoms with Crippen molar-refractivity contribution >= 4 is 29.6 Å². The quantitative estimate of drug-likeness (QED) is 0.256. The molecule has 1 saturated heterocycles. The Bertz CT molecular complexity index is 1540. The van der Waals surface area contributed by atoms with Gasteiger partial charge in [0.2, 0.25) is 0 Å². The summed E-state index contributed by atoms with van der Waals surface area (Å²) in [5, 5.41) is 15.4. The molecule has 0 radical (unpaired) electrons. The summed E-state index contributed by atoms with van der Waals surface area (Å²) < 4.78 is 60.8. The van der Waals surface area contributed by atoms with E-state index in [4.69, 9.17) is 24.7 Å². The highest BCUT2D eigenvalue weighted by molar-refractivity contribution is 5.94. The van der Waals surface area contributed by atoms with Gasteiger partial charge in [0.15, 0.2) is 18.2 Å². The number of hydrogen-bond acceptors (Lipinski definition) is 12. The number of ether oxygens (including phenoxy) is 4. The third-order valence-corrected chi connectivity index (χ3v) is 7.18. The van der Waals surface area contributed by atoms with Crippen LogP contribution in [0, 0.1) is 17.2 Å². The molecule has 4 N–H and O–H groups in total. The maximum absolute atomic E-state index is 13.2. The van der Waals surface area contributed by atoms with Gasteiger partial charge in [0.05, 0.1) is 24.4 Å². The highest BCUT2D eigenvalue weighted by atomic mass is 19.4. The molecule has 1 aromatic carbocycles. The Balaban J connectivity index is 1.22. The highest BCUT2D eigenvalue weighted by Gasteiger charge is 2.46. The van der Waals surface area contributed by atoms with Crippen LogP contribution >= 0.6 is 0 Å². The zero-order chi connectivity index (χ0) is 32.5. The third kappa shape index (κ3) is 7.35. The largest absolute Gasteiger partial charge is 0.492 e. The number of nitrogens with one attached hydrogen (secondary N) is 2. The number of cyclic esters (lactones) is 1. The standard InChI is InChI=1S/C28H30F3N7O7/c1-27(2,33)13-43-17-5-14(8-32)18-6-15(22(19(18)7-17)45-25(40)28(29,30)31)9-34-4-3-16-11-38(26(41)44-16)20-10-35-24-23(36-20)37-21(39)12-42-24/h5,7,10,15-16,22,34H,3-4,6,9,11-13,33H2,1-2H3,(H,36,37,39). The van der Waals surface area contributed by atoms with E-state index in [-0.39, 0.29) is 67.1 Å². The predicted octanol–water partition coefficient (Wildman–Crippen LogP) is 2.12. The van der Waals surface area contributed by atoms with Gasteiger partial charge in [-0.15, -0.1) is 0 Å². The monoisotopic (exact) mass is 633 g/mol. The molecule has 2 aliphatic heterocycles. The van der Waals surface area contributed by atoms with Gasteiger partial charge in [-0.3, -0.25) is 9.69 Å². The van der Waals surface area contributed by atoms with Gasteiger partial charge in [0.25, 0.3) is 11.8 Å². The number of halogens is 3. The van der Waals surface area contributed by atoms with Crippen LogP contribution in [0.15, 0.2) is 18.3 Å². The molecule has 0 spiro atoms. The number of alkyl halides is 3. The van der Waals surface area contributed by atoms with E-state index in [9.17, 15) is 32.8 Å². The minimum absolute atomic E-state index is 0.0713. The summed E-state index contributed by atoms with van der Waals surface area (Å²) in [7, 11) is 0. The molecule has 240 valence electrons. The molecule has 3 heterocycles. The second kappa shape index (κ2) is 12.4. The van der Waals surface area contributed by atoms with Crippen LogP contribution in [0.5, 0.6) is 11.6 Å². The van der Waals surface area contributed by atoms with Crippen LogP contribution in [0.4, 0.5) is 29.6 Å². The normalized spacial score (nSPS) is 20.8. The van der Waals surface area contributed by atoms with E-state index in [2.05, 4.69) is 26.7 Å². The first-order chi connectivity index (χ1) is 21.2. The summed E-state index contributed by atoms with van der Waals surface area (Å²) in [6.07, 6.45) is -5.89. The van der Waals surface area contributed by atoms with Crippen LogP contribution in [0.3, 0.4) is 0 Å². The molecule has 1 aliphatic carbocycles. The van der Waals surface area contributed by atoms with Gasteiger partial charge in [-0.2, -0.15) is 18.4 Å². The fourth-order valence-electron chi connectivity index (χ4n) is 5.14. The maximum Gasteiger partial charge on any atom is 0.490 e. The van der Waals surface area contributed by atoms with Crippen LogP contribution in [-0.2, 0) is 25.5 Å². The highest BCUT2D eigenvalue weighted by Crippen LogP contribution is 2.43. The molecule has 3 atom stereocenters. The molecule has 0 saturated carbocycles. The molecule has 1 aromatic heterocycles. The number of rotatable bonds is 10. The maximum atomic E-state index is 13.2. The van der Waals surface area contributed by atoms with Gasteiger partial charge in [0.1, 0.15) is 24.6 Å². The zero-order valence-corrected chi connectivity index (χ0v) is 24.3. The van der Waals surface area contributed by atoms with Crippen molar-refractivity contribution in [3.05, 3.63) is 35.0 Å². The van der Waals surface area contributed by atoms with E-state index >= 15 is 0 Å². The van der Waals surface area contributed by atoms with Crippen LogP contribution < -0.4 is 30.7 Å². The minimum atomic E-state index is -5.21. The second-order valence-corrected chi connectivity index (χ2v) is 11.5. The van der Waals surface area contributed by atoms with Crippen molar-refractivity contribution in [3.8, 4) is 17.7 Å². The molecule has 2 amide bonds. The number of benzene rings is 1. The lowest BCUT2D eigenvalue weighted by Crippen LogP contribution is -2.38. The molecule has 3 unspecified atom stereocenters. The average molecular weight is 634 g/mol. The van der Waals surface area contributed by atoms with E-state index in [0.29, 0.717) is 18.5 Å². The van der Waals surface area contributed by atoms with E-state index in [1.54, 1.807) is 13.8 Å². The fraction of sp³-hybridized carbons (Fsp3) is 0.500. The number of nitrogens with zero attached hydrogens (tertiary/aromatic N) is 4. The summed E-state index contributed by atoms with van der Waals surface area (Å²) >= 11 is 0. The number of aromatic nitrogens is 2. The number of nitrogens with two attached hydrogens (primary N) is 1. The van der Waals surface area contributed by atoms with Crippen molar-refractivity contribution in [2.24, 2.45) is 11.7 Å². The molecular formula is C28H30F3N7O7. The van der Waals surface area contributed by atoms with Crippen LogP contribution in [0.25, 0.3) is 0 Å². The lowest BCUT2D eigenvalue weighted by atomic mass is 10.0. The summed E-state index contributed by atoms with van der Waals surface area (Å²) in [6.45, 7) is 3.89. The lowest BCUT2D eigenvalue weighted by Gasteiger charge is -2.23. The van der Waals surface area contributed by atoms with Gasteiger partial charge < -0.3 is 35.3 Å². The Morgan fingerprint density at radius 1 is 1.31 bits per heavy atom. The van der Waals surface area contributed by atoms with Crippen LogP contribution in [0.2, 0.25) is 0 Å². The van der Waals surface area contributed by atoms with Gasteiger partial charge >= 0.3 is 18.2 Å². The molecule has 17 heteroatoms. The first-order valence-corrected chi connectivity index (χ1v) is 14.0. The van der Waals surface area contributed by atoms with Crippen LogP contribution in [-0.4, -0.2) is 78.6 Å². The Kier molecular flexibility index (Phi) is 8.72. The Morgan fingerprint density at radius 2 is 2.09 bits per heavy atom. The number of anilines is 2. The molecule has 14 nitrogen and oxygen atoms in total. The van der Waals surface area contributed by atoms with E-state index < -0.39 is 47.8 Å². The zero-order valence-electron chi connectivity index (χ0n) is 24.3. The van der Waals surface area contributed by atoms with E-state index in [0.717, 1.165) is 0 Å². The van der Waals surface area contributed by atoms with Crippen molar-refractivity contribution in [2.75, 3.05) is 43.1 Å². The predicted molar refractivity (Wildman–Crippen MR) is 148 cm³/mol. The first-order valence-electron chi connectivity index (χ1n) is 14.0. The Labute approximate surface area is 255 Å². The van der Waals surface area contributed by atoms with Crippen molar-refractivity contribution in [3.63, 3.8) is 0 Å². The third-order valence-electron chi connectivity index (χ3n) is 7.18. The van der Waals surface area contributed by atoms with Gasteiger partial charge in [-0.05, 0) is 50.9 Å². The molecule has 1 fully saturated rings. The number of carbonyl (C=O) groups is 3. The fourth-order valence-corrected chi connectivity index (χ4v) is 5.14. The van der Waals surface area contributed by atoms with E-state index in [1.807, 2.05) is 0 Å². The SMILES string of the molecule is CC(C)(N)COc1cc(C#N)c2c(c1)C(OC(=O)C(F)(F)F)C(CNCCC1CN(c3cnc4c(n3)NC(=O)CO4)C(=O)O1)C2. The number of esters is 1. The molecule has 5 rings (SSSR count). The van der Waals surface area contributed by atoms with Crippen molar-refractivity contribution < 1.29 is 46.5 Å². The van der Waals surface area contributed by atoms with Gasteiger partial charge in [0, 0.05) is 23.6 Å². The minimum Gasteiger partial charge on any atom is -0.492 e. The topological polar surface area (TPSA) is 191 Å². The average Bonchev–Trinajstić information content (AvgIpc) is 3.51. The number of hydrogen-bond donors (Lipinski definition) is 3.